The number of benzene rings is 2. The molecule has 0 atom stereocenters. The average Bonchev–Trinajstić information content (AvgIpc) is 2.79. The minimum Gasteiger partial charge on any atom is -0.303 e. The molecule has 0 aromatic heterocycles. The van der Waals surface area contributed by atoms with Gasteiger partial charge in [0.05, 0.1) is 6.54 Å². The summed E-state index contributed by atoms with van der Waals surface area (Å²) in [5.41, 5.74) is 0.823. The number of nitrogens with one attached hydrogen (secondary N) is 1. The molecule has 1 aliphatic rings. The molecule has 0 saturated carbocycles. The predicted molar refractivity (Wildman–Crippen MR) is 79.9 cm³/mol. The zero-order valence-electron chi connectivity index (χ0n) is 11.9. The molecule has 1 heterocycles. The third kappa shape index (κ3) is 3.11. The van der Waals surface area contributed by atoms with Gasteiger partial charge in [-0.05, 0) is 29.8 Å². The third-order valence-electron chi connectivity index (χ3n) is 3.42. The molecule has 23 heavy (non-hydrogen) atoms. The van der Waals surface area contributed by atoms with Crippen LogP contribution in [0.1, 0.15) is 11.1 Å². The van der Waals surface area contributed by atoms with Gasteiger partial charge in [0, 0.05) is 5.56 Å². The lowest BCUT2D eigenvalue weighted by molar-refractivity contribution is -0.123. The summed E-state index contributed by atoms with van der Waals surface area (Å²) in [6, 6.07) is 10.8. The monoisotopic (exact) mass is 314 g/mol. The van der Waals surface area contributed by atoms with Crippen LogP contribution < -0.4 is 5.32 Å². The molecule has 1 aliphatic heterocycles. The molecule has 1 saturated heterocycles. The number of hydrogen-bond acceptors (Lipinski definition) is 2. The van der Waals surface area contributed by atoms with E-state index in [2.05, 4.69) is 5.32 Å². The van der Waals surface area contributed by atoms with Crippen LogP contribution in [0.15, 0.2) is 54.2 Å². The van der Waals surface area contributed by atoms with Crippen LogP contribution >= 0.6 is 0 Å². The van der Waals surface area contributed by atoms with Crippen molar-refractivity contribution in [2.24, 2.45) is 0 Å². The van der Waals surface area contributed by atoms with Gasteiger partial charge in [-0.25, -0.2) is 13.6 Å². The van der Waals surface area contributed by atoms with Gasteiger partial charge in [0.15, 0.2) is 0 Å². The molecule has 6 heteroatoms. The van der Waals surface area contributed by atoms with Gasteiger partial charge in [0.1, 0.15) is 17.3 Å². The lowest BCUT2D eigenvalue weighted by atomic mass is 10.1. The van der Waals surface area contributed by atoms with Gasteiger partial charge < -0.3 is 5.32 Å². The summed E-state index contributed by atoms with van der Waals surface area (Å²) < 4.78 is 26.5. The van der Waals surface area contributed by atoms with Crippen molar-refractivity contribution < 1.29 is 18.4 Å². The lowest BCUT2D eigenvalue weighted by Gasteiger charge is -2.11. The second kappa shape index (κ2) is 6.00. The minimum absolute atomic E-state index is 0.00205. The lowest BCUT2D eigenvalue weighted by Crippen LogP contribution is -2.30. The maximum absolute atomic E-state index is 13.6. The molecule has 0 radical (unpaired) electrons. The first-order valence-corrected chi connectivity index (χ1v) is 6.88. The maximum atomic E-state index is 13.6. The Labute approximate surface area is 131 Å². The molecule has 1 fully saturated rings. The largest absolute Gasteiger partial charge is 0.329 e. The van der Waals surface area contributed by atoms with Crippen molar-refractivity contribution in [3.63, 3.8) is 0 Å². The smallest absolute Gasteiger partial charge is 0.303 e. The summed E-state index contributed by atoms with van der Waals surface area (Å²) in [4.78, 5) is 25.2. The molecular formula is C17H12F2N2O2. The number of rotatable bonds is 3. The second-order valence-electron chi connectivity index (χ2n) is 5.03. The standard InChI is InChI=1S/C17H12F2N2O2/c18-13-7-5-11(6-8-13)10-21-16(22)15(20-17(21)23)9-12-3-1-2-4-14(12)19/h1-9H,10H2,(H,20,23)/b15-9-. The summed E-state index contributed by atoms with van der Waals surface area (Å²) in [5, 5.41) is 2.42. The number of nitrogens with zero attached hydrogens (tertiary/aromatic N) is 1. The van der Waals surface area contributed by atoms with E-state index in [1.54, 1.807) is 6.07 Å². The summed E-state index contributed by atoms with van der Waals surface area (Å²) in [7, 11) is 0. The fourth-order valence-corrected chi connectivity index (χ4v) is 2.24. The minimum atomic E-state index is -0.595. The number of carbonyl (C=O) groups excluding carboxylic acids is 2. The zero-order valence-corrected chi connectivity index (χ0v) is 11.9. The van der Waals surface area contributed by atoms with Crippen molar-refractivity contribution in [2.45, 2.75) is 6.54 Å². The Bertz CT molecular complexity index is 800. The Hall–Kier alpha value is -3.02. The first-order valence-electron chi connectivity index (χ1n) is 6.88. The van der Waals surface area contributed by atoms with Crippen molar-refractivity contribution in [2.75, 3.05) is 0 Å². The van der Waals surface area contributed by atoms with Gasteiger partial charge in [-0.1, -0.05) is 30.3 Å². The van der Waals surface area contributed by atoms with Gasteiger partial charge in [0.2, 0.25) is 0 Å². The van der Waals surface area contributed by atoms with Crippen LogP contribution in [0, 0.1) is 11.6 Å². The van der Waals surface area contributed by atoms with Crippen molar-refractivity contribution in [3.8, 4) is 0 Å². The van der Waals surface area contributed by atoms with Gasteiger partial charge in [-0.3, -0.25) is 9.69 Å². The normalized spacial score (nSPS) is 16.1. The van der Waals surface area contributed by atoms with Gasteiger partial charge in [-0.2, -0.15) is 0 Å². The maximum Gasteiger partial charge on any atom is 0.329 e. The Kier molecular flexibility index (Phi) is 3.89. The van der Waals surface area contributed by atoms with Gasteiger partial charge in [-0.15, -0.1) is 0 Å². The average molecular weight is 314 g/mol. The van der Waals surface area contributed by atoms with Crippen molar-refractivity contribution in [3.05, 3.63) is 77.0 Å². The Morgan fingerprint density at radius 2 is 1.70 bits per heavy atom. The van der Waals surface area contributed by atoms with Crippen LogP contribution in [0.25, 0.3) is 6.08 Å². The highest BCUT2D eigenvalue weighted by molar-refractivity contribution is 6.13. The molecule has 2 aromatic carbocycles. The quantitative estimate of drug-likeness (QED) is 0.699. The zero-order chi connectivity index (χ0) is 16.4. The SMILES string of the molecule is O=C1N/C(=C\c2ccccc2F)C(=O)N1Cc1ccc(F)cc1. The summed E-state index contributed by atoms with van der Waals surface area (Å²) in [5.74, 6) is -1.44. The molecule has 0 spiro atoms. The first kappa shape index (κ1) is 14.9. The van der Waals surface area contributed by atoms with E-state index in [1.165, 1.54) is 48.5 Å². The van der Waals surface area contributed by atoms with E-state index in [0.29, 0.717) is 5.56 Å². The number of imide groups is 1. The van der Waals surface area contributed by atoms with E-state index in [-0.39, 0.29) is 17.8 Å². The highest BCUT2D eigenvalue weighted by atomic mass is 19.1. The van der Waals surface area contributed by atoms with Crippen LogP contribution in [0.2, 0.25) is 0 Å². The van der Waals surface area contributed by atoms with E-state index in [9.17, 15) is 18.4 Å². The van der Waals surface area contributed by atoms with Crippen molar-refractivity contribution >= 4 is 18.0 Å². The summed E-state index contributed by atoms with van der Waals surface area (Å²) in [6.45, 7) is 0.0135. The van der Waals surface area contributed by atoms with E-state index in [4.69, 9.17) is 0 Å². The first-order chi connectivity index (χ1) is 11.0. The Morgan fingerprint density at radius 1 is 1.00 bits per heavy atom. The molecule has 3 amide bonds. The Morgan fingerprint density at radius 3 is 2.39 bits per heavy atom. The predicted octanol–water partition coefficient (Wildman–Crippen LogP) is 3.06. The highest BCUT2D eigenvalue weighted by Crippen LogP contribution is 2.18. The molecule has 0 bridgehead atoms. The molecule has 1 N–H and O–H groups in total. The number of urea groups is 1. The summed E-state index contributed by atoms with van der Waals surface area (Å²) in [6.07, 6.45) is 1.29. The van der Waals surface area contributed by atoms with E-state index < -0.39 is 23.6 Å². The van der Waals surface area contributed by atoms with Crippen molar-refractivity contribution in [1.29, 1.82) is 0 Å². The Balaban J connectivity index is 1.82. The van der Waals surface area contributed by atoms with Crippen LogP contribution in [0.3, 0.4) is 0 Å². The number of hydrogen-bond donors (Lipinski definition) is 1. The summed E-state index contributed by atoms with van der Waals surface area (Å²) >= 11 is 0. The number of halogens is 2. The molecule has 0 unspecified atom stereocenters. The molecule has 2 aromatic rings. The van der Waals surface area contributed by atoms with E-state index in [1.807, 2.05) is 0 Å². The van der Waals surface area contributed by atoms with E-state index >= 15 is 0 Å². The fourth-order valence-electron chi connectivity index (χ4n) is 2.24. The molecule has 116 valence electrons. The third-order valence-corrected chi connectivity index (χ3v) is 3.42. The second-order valence-corrected chi connectivity index (χ2v) is 5.03. The van der Waals surface area contributed by atoms with Crippen LogP contribution in [-0.4, -0.2) is 16.8 Å². The molecule has 4 nitrogen and oxygen atoms in total. The highest BCUT2D eigenvalue weighted by Gasteiger charge is 2.33. The van der Waals surface area contributed by atoms with Crippen LogP contribution in [-0.2, 0) is 11.3 Å². The molecular weight excluding hydrogens is 302 g/mol. The molecule has 0 aliphatic carbocycles. The number of carbonyl (C=O) groups is 2. The van der Waals surface area contributed by atoms with Crippen LogP contribution in [0.5, 0.6) is 0 Å². The van der Waals surface area contributed by atoms with Gasteiger partial charge in [0.25, 0.3) is 5.91 Å². The fraction of sp³-hybridized carbons (Fsp3) is 0.0588. The van der Waals surface area contributed by atoms with Crippen LogP contribution in [0.4, 0.5) is 13.6 Å². The van der Waals surface area contributed by atoms with E-state index in [0.717, 1.165) is 4.90 Å². The number of amides is 3. The topological polar surface area (TPSA) is 49.4 Å². The molecule has 3 rings (SSSR count). The van der Waals surface area contributed by atoms with Gasteiger partial charge >= 0.3 is 6.03 Å². The van der Waals surface area contributed by atoms with Crippen molar-refractivity contribution in [1.82, 2.24) is 10.2 Å².